The quantitative estimate of drug-likeness (QED) is 0.700. The van der Waals surface area contributed by atoms with Crippen LogP contribution in [0.15, 0.2) is 0 Å². The molecule has 1 heterocycles. The molecule has 0 radical (unpaired) electrons. The van der Waals surface area contributed by atoms with Crippen molar-refractivity contribution in [1.82, 2.24) is 5.32 Å². The molecule has 1 N–H and O–H groups in total. The highest BCUT2D eigenvalue weighted by Gasteiger charge is 2.62. The molecule has 16 heavy (non-hydrogen) atoms. The second-order valence-corrected chi connectivity index (χ2v) is 5.56. The maximum atomic E-state index is 11.9. The molecule has 1 aliphatic heterocycles. The summed E-state index contributed by atoms with van der Waals surface area (Å²) in [6.45, 7) is 6.21. The number of hydrogen-bond donors (Lipinski definition) is 1. The molecule has 2 aliphatic rings. The number of carboxylic acid groups (broad SMARTS) is 1. The van der Waals surface area contributed by atoms with Crippen LogP contribution in [0.5, 0.6) is 0 Å². The van der Waals surface area contributed by atoms with Gasteiger partial charge in [0.1, 0.15) is 0 Å². The number of rotatable bonds is 2. The Hall–Kier alpha value is -0.900. The van der Waals surface area contributed by atoms with E-state index in [1.54, 1.807) is 6.92 Å². The van der Waals surface area contributed by atoms with E-state index in [-0.39, 0.29) is 17.1 Å². The minimum atomic E-state index is -1.02. The van der Waals surface area contributed by atoms with Crippen LogP contribution in [0.25, 0.3) is 0 Å². The van der Waals surface area contributed by atoms with E-state index in [1.807, 2.05) is 13.8 Å². The highest BCUT2D eigenvalue weighted by molar-refractivity contribution is 5.92. The first-order chi connectivity index (χ1) is 7.33. The first-order valence-electron chi connectivity index (χ1n) is 5.82. The molecule has 0 aromatic carbocycles. The minimum absolute atomic E-state index is 0.0195. The second kappa shape index (κ2) is 3.29. The van der Waals surface area contributed by atoms with Gasteiger partial charge in [0.25, 0.3) is 0 Å². The summed E-state index contributed by atoms with van der Waals surface area (Å²) in [5.41, 5.74) is -0.787. The highest BCUT2D eigenvalue weighted by Crippen LogP contribution is 2.54. The van der Waals surface area contributed by atoms with E-state index in [4.69, 9.17) is 0 Å². The molecule has 0 aromatic rings. The fraction of sp³-hybridized carbons (Fsp3) is 0.833. The van der Waals surface area contributed by atoms with E-state index in [0.717, 1.165) is 6.42 Å². The Labute approximate surface area is 95.4 Å². The lowest BCUT2D eigenvalue weighted by Gasteiger charge is -2.39. The van der Waals surface area contributed by atoms with Gasteiger partial charge in [-0.2, -0.15) is 0 Å². The van der Waals surface area contributed by atoms with E-state index >= 15 is 0 Å². The lowest BCUT2D eigenvalue weighted by Crippen LogP contribution is -2.51. The maximum absolute atomic E-state index is 11.9. The van der Waals surface area contributed by atoms with Crippen molar-refractivity contribution in [2.45, 2.75) is 39.2 Å². The third-order valence-corrected chi connectivity index (χ3v) is 5.04. The van der Waals surface area contributed by atoms with Crippen LogP contribution in [0.2, 0.25) is 0 Å². The van der Waals surface area contributed by atoms with Crippen molar-refractivity contribution in [3.8, 4) is 0 Å². The predicted molar refractivity (Wildman–Crippen MR) is 56.4 cm³/mol. The van der Waals surface area contributed by atoms with Gasteiger partial charge in [0.05, 0.1) is 5.54 Å². The Bertz CT molecular complexity index is 354. The molecule has 4 unspecified atom stereocenters. The highest BCUT2D eigenvalue weighted by atomic mass is 16.4. The number of carbonyl (C=O) groups is 2. The summed E-state index contributed by atoms with van der Waals surface area (Å²) in [5.74, 6) is -1.33. The van der Waals surface area contributed by atoms with Crippen LogP contribution in [0, 0.1) is 17.3 Å². The van der Waals surface area contributed by atoms with E-state index in [2.05, 4.69) is 5.32 Å². The van der Waals surface area contributed by atoms with Crippen LogP contribution in [-0.2, 0) is 9.59 Å². The van der Waals surface area contributed by atoms with Crippen molar-refractivity contribution in [2.75, 3.05) is 6.54 Å². The van der Waals surface area contributed by atoms with Crippen LogP contribution >= 0.6 is 0 Å². The zero-order chi connectivity index (χ0) is 12.1. The van der Waals surface area contributed by atoms with Gasteiger partial charge in [-0.1, -0.05) is 13.8 Å². The van der Waals surface area contributed by atoms with Gasteiger partial charge < -0.3 is 15.2 Å². The van der Waals surface area contributed by atoms with Gasteiger partial charge in [-0.25, -0.2) is 0 Å². The second-order valence-electron chi connectivity index (χ2n) is 5.56. The average molecular weight is 224 g/mol. The van der Waals surface area contributed by atoms with Crippen molar-refractivity contribution in [2.24, 2.45) is 17.3 Å². The van der Waals surface area contributed by atoms with Gasteiger partial charge in [-0.15, -0.1) is 0 Å². The number of carboxylic acids is 1. The summed E-state index contributed by atoms with van der Waals surface area (Å²) in [5, 5.41) is 14.2. The van der Waals surface area contributed by atoms with Crippen LogP contribution in [-0.4, -0.2) is 23.8 Å². The fourth-order valence-electron chi connectivity index (χ4n) is 3.48. The number of nitrogens with one attached hydrogen (secondary N) is 1. The largest absolute Gasteiger partial charge is 0.550 e. The Balaban J connectivity index is 2.34. The van der Waals surface area contributed by atoms with Crippen molar-refractivity contribution in [1.29, 1.82) is 0 Å². The zero-order valence-corrected chi connectivity index (χ0v) is 10.0. The molecule has 4 nitrogen and oxygen atoms in total. The molecule has 1 saturated carbocycles. The van der Waals surface area contributed by atoms with E-state index in [1.165, 1.54) is 0 Å². The Morgan fingerprint density at radius 2 is 2.19 bits per heavy atom. The number of Topliss-reactive ketones (excluding diaryl/α,β-unsaturated/α-hetero) is 1. The summed E-state index contributed by atoms with van der Waals surface area (Å²) in [7, 11) is 0. The molecule has 0 bridgehead atoms. The van der Waals surface area contributed by atoms with Gasteiger partial charge in [-0.3, -0.25) is 4.79 Å². The lowest BCUT2D eigenvalue weighted by atomic mass is 9.65. The molecular formula is C12H18NO3-. The number of aliphatic carboxylic acids is 1. The lowest BCUT2D eigenvalue weighted by molar-refractivity contribution is -0.313. The molecule has 0 amide bonds. The number of ketones is 1. The monoisotopic (exact) mass is 224 g/mol. The SMILES string of the molecule is CC(C(=O)[O-])C1CNC2(C)C(=O)CCC12C. The fourth-order valence-corrected chi connectivity index (χ4v) is 3.48. The first-order valence-corrected chi connectivity index (χ1v) is 5.82. The molecule has 1 aliphatic carbocycles. The van der Waals surface area contributed by atoms with Crippen molar-refractivity contribution < 1.29 is 14.7 Å². The standard InChI is InChI=1S/C12H19NO3/c1-7(10(15)16)8-6-13-12(3)9(14)4-5-11(8,12)2/h7-8,13H,4-6H2,1-3H3,(H,15,16)/p-1. The minimum Gasteiger partial charge on any atom is -0.550 e. The summed E-state index contributed by atoms with van der Waals surface area (Å²) in [4.78, 5) is 22.9. The molecular weight excluding hydrogens is 206 g/mol. The first kappa shape index (κ1) is 11.6. The van der Waals surface area contributed by atoms with Crippen LogP contribution in [0.3, 0.4) is 0 Å². The molecule has 4 atom stereocenters. The Morgan fingerprint density at radius 1 is 1.56 bits per heavy atom. The van der Waals surface area contributed by atoms with Crippen molar-refractivity contribution in [3.63, 3.8) is 0 Å². The molecule has 90 valence electrons. The summed E-state index contributed by atoms with van der Waals surface area (Å²) in [6.07, 6.45) is 1.33. The molecule has 0 spiro atoms. The normalized spacial score (nSPS) is 44.4. The van der Waals surface area contributed by atoms with E-state index in [0.29, 0.717) is 13.0 Å². The van der Waals surface area contributed by atoms with Gasteiger partial charge >= 0.3 is 0 Å². The van der Waals surface area contributed by atoms with E-state index < -0.39 is 17.4 Å². The maximum Gasteiger partial charge on any atom is 0.153 e. The molecule has 2 rings (SSSR count). The molecule has 0 aromatic heterocycles. The third kappa shape index (κ3) is 1.19. The predicted octanol–water partition coefficient (Wildman–Crippen LogP) is -0.280. The van der Waals surface area contributed by atoms with Gasteiger partial charge in [0.2, 0.25) is 0 Å². The van der Waals surface area contributed by atoms with Crippen molar-refractivity contribution in [3.05, 3.63) is 0 Å². The summed E-state index contributed by atoms with van der Waals surface area (Å²) in [6, 6.07) is 0. The number of hydrogen-bond acceptors (Lipinski definition) is 4. The van der Waals surface area contributed by atoms with Crippen LogP contribution < -0.4 is 10.4 Å². The smallest absolute Gasteiger partial charge is 0.153 e. The zero-order valence-electron chi connectivity index (χ0n) is 10.0. The summed E-state index contributed by atoms with van der Waals surface area (Å²) < 4.78 is 0. The summed E-state index contributed by atoms with van der Waals surface area (Å²) >= 11 is 0. The Kier molecular flexibility index (Phi) is 2.38. The third-order valence-electron chi connectivity index (χ3n) is 5.04. The van der Waals surface area contributed by atoms with Crippen LogP contribution in [0.1, 0.15) is 33.6 Å². The van der Waals surface area contributed by atoms with Crippen LogP contribution in [0.4, 0.5) is 0 Å². The van der Waals surface area contributed by atoms with E-state index in [9.17, 15) is 14.7 Å². The van der Waals surface area contributed by atoms with Gasteiger partial charge in [0.15, 0.2) is 5.78 Å². The number of carbonyl (C=O) groups excluding carboxylic acids is 2. The van der Waals surface area contributed by atoms with Gasteiger partial charge in [-0.05, 0) is 24.7 Å². The molecule has 1 saturated heterocycles. The number of fused-ring (bicyclic) bond motifs is 1. The Morgan fingerprint density at radius 3 is 2.75 bits per heavy atom. The molecule has 4 heteroatoms. The van der Waals surface area contributed by atoms with Gasteiger partial charge in [0, 0.05) is 24.9 Å². The topological polar surface area (TPSA) is 69.2 Å². The van der Waals surface area contributed by atoms with Crippen molar-refractivity contribution >= 4 is 11.8 Å². The average Bonchev–Trinajstić information content (AvgIpc) is 2.60. The molecule has 2 fully saturated rings.